The average Bonchev–Trinajstić information content (AvgIpc) is 2.90. The van der Waals surface area contributed by atoms with Crippen LogP contribution in [0.1, 0.15) is 55.4 Å². The van der Waals surface area contributed by atoms with Crippen LogP contribution in [0.15, 0.2) is 77.7 Å². The van der Waals surface area contributed by atoms with Gasteiger partial charge < -0.3 is 15.2 Å². The largest absolute Gasteiger partial charge is 0.573 e. The second kappa shape index (κ2) is 13.6. The lowest BCUT2D eigenvalue weighted by molar-refractivity contribution is -0.274. The molecule has 0 fully saturated rings. The van der Waals surface area contributed by atoms with Gasteiger partial charge in [-0.1, -0.05) is 36.4 Å². The smallest absolute Gasteiger partial charge is 0.481 e. The van der Waals surface area contributed by atoms with Crippen molar-refractivity contribution < 1.29 is 55.4 Å². The maximum atomic E-state index is 13.5. The number of carbonyl (C=O) groups excluding carboxylic acids is 3. The summed E-state index contributed by atoms with van der Waals surface area (Å²) in [5.74, 6) is -5.02. The number of carboxylic acids is 1. The molecule has 1 amide bonds. The Labute approximate surface area is 238 Å². The minimum atomic E-state index is -5.02. The lowest BCUT2D eigenvalue weighted by Crippen LogP contribution is -2.26. The highest BCUT2D eigenvalue weighted by atomic mass is 32.2. The lowest BCUT2D eigenvalue weighted by atomic mass is 9.85. The van der Waals surface area contributed by atoms with E-state index in [9.17, 15) is 45.5 Å². The molecule has 222 valence electrons. The number of aliphatic carboxylic acids is 1. The van der Waals surface area contributed by atoms with Crippen molar-refractivity contribution in [2.24, 2.45) is 0 Å². The van der Waals surface area contributed by atoms with Gasteiger partial charge >= 0.3 is 17.8 Å². The third-order valence-electron chi connectivity index (χ3n) is 5.67. The number of amides is 1. The molecule has 0 aromatic heterocycles. The summed E-state index contributed by atoms with van der Waals surface area (Å²) in [7, 11) is 0. The molecule has 0 aliphatic rings. The summed E-state index contributed by atoms with van der Waals surface area (Å²) < 4.78 is 80.0. The summed E-state index contributed by atoms with van der Waals surface area (Å²) in [6.45, 7) is -0.137. The highest BCUT2D eigenvalue weighted by molar-refractivity contribution is 8.00. The fourth-order valence-corrected chi connectivity index (χ4v) is 4.35. The first-order valence-corrected chi connectivity index (χ1v) is 12.8. The molecule has 0 radical (unpaired) electrons. The van der Waals surface area contributed by atoms with Crippen molar-refractivity contribution in [2.45, 2.75) is 35.5 Å². The normalized spacial score (nSPS) is 12.3. The van der Waals surface area contributed by atoms with Crippen molar-refractivity contribution in [1.82, 2.24) is 5.32 Å². The van der Waals surface area contributed by atoms with Gasteiger partial charge in [0.05, 0.1) is 12.3 Å². The van der Waals surface area contributed by atoms with Crippen LogP contribution in [-0.4, -0.2) is 47.0 Å². The Morgan fingerprint density at radius 3 is 2.02 bits per heavy atom. The summed E-state index contributed by atoms with van der Waals surface area (Å²) in [6.07, 6.45) is -5.83. The van der Waals surface area contributed by atoms with E-state index in [-0.39, 0.29) is 51.9 Å². The Kier molecular flexibility index (Phi) is 10.4. The van der Waals surface area contributed by atoms with Gasteiger partial charge in [-0.25, -0.2) is 0 Å². The van der Waals surface area contributed by atoms with Crippen molar-refractivity contribution in [2.75, 3.05) is 6.54 Å². The molecule has 0 saturated heterocycles. The summed E-state index contributed by atoms with van der Waals surface area (Å²) >= 11 is -0.370. The van der Waals surface area contributed by atoms with Crippen molar-refractivity contribution in [3.05, 3.63) is 95.1 Å². The van der Waals surface area contributed by atoms with E-state index in [4.69, 9.17) is 5.11 Å². The molecule has 0 heterocycles. The maximum Gasteiger partial charge on any atom is 0.573 e. The topological polar surface area (TPSA) is 110 Å². The number of rotatable bonds is 12. The Bertz CT molecular complexity index is 1440. The van der Waals surface area contributed by atoms with E-state index in [1.54, 1.807) is 0 Å². The first kappa shape index (κ1) is 32.2. The number of benzene rings is 3. The summed E-state index contributed by atoms with van der Waals surface area (Å²) in [4.78, 5) is 49.4. The van der Waals surface area contributed by atoms with Crippen LogP contribution in [0.25, 0.3) is 0 Å². The first-order valence-electron chi connectivity index (χ1n) is 12.0. The van der Waals surface area contributed by atoms with Gasteiger partial charge in [0, 0.05) is 34.6 Å². The van der Waals surface area contributed by atoms with Crippen LogP contribution in [0.3, 0.4) is 0 Å². The third-order valence-corrected chi connectivity index (χ3v) is 6.41. The van der Waals surface area contributed by atoms with E-state index < -0.39 is 53.4 Å². The fraction of sp³-hybridized carbons (Fsp3) is 0.214. The predicted octanol–water partition coefficient (Wildman–Crippen LogP) is 6.64. The Morgan fingerprint density at radius 2 is 1.45 bits per heavy atom. The number of ketones is 2. The maximum absolute atomic E-state index is 13.5. The van der Waals surface area contributed by atoms with Crippen LogP contribution < -0.4 is 10.1 Å². The molecule has 7 nitrogen and oxygen atoms in total. The first-order chi connectivity index (χ1) is 19.6. The quantitative estimate of drug-likeness (QED) is 0.134. The number of halogens is 6. The number of ether oxygens (including phenoxy) is 1. The SMILES string of the molecule is O=C(O)CCNC(=O)c1ccc(C(CC(=O)c2ccc(SC(F)(F)F)cc2)C(=O)c2cccc(OC(F)(F)F)c2)cc1. The highest BCUT2D eigenvalue weighted by Gasteiger charge is 2.32. The zero-order valence-corrected chi connectivity index (χ0v) is 22.1. The van der Waals surface area contributed by atoms with Crippen LogP contribution in [0, 0.1) is 0 Å². The van der Waals surface area contributed by atoms with Gasteiger partial charge in [-0.2, -0.15) is 13.2 Å². The number of hydrogen-bond acceptors (Lipinski definition) is 6. The summed E-state index contributed by atoms with van der Waals surface area (Å²) in [5, 5.41) is 11.1. The van der Waals surface area contributed by atoms with Crippen molar-refractivity contribution in [3.8, 4) is 5.75 Å². The number of alkyl halides is 6. The van der Waals surface area contributed by atoms with Crippen molar-refractivity contribution >= 4 is 35.2 Å². The van der Waals surface area contributed by atoms with E-state index in [1.807, 2.05) is 0 Å². The number of carboxylic acid groups (broad SMARTS) is 1. The molecule has 1 atom stereocenters. The minimum Gasteiger partial charge on any atom is -0.481 e. The van der Waals surface area contributed by atoms with Gasteiger partial charge in [0.1, 0.15) is 5.75 Å². The van der Waals surface area contributed by atoms with Crippen LogP contribution in [0.2, 0.25) is 0 Å². The van der Waals surface area contributed by atoms with Crippen molar-refractivity contribution in [3.63, 3.8) is 0 Å². The lowest BCUT2D eigenvalue weighted by Gasteiger charge is -2.18. The molecule has 0 saturated carbocycles. The van der Waals surface area contributed by atoms with E-state index >= 15 is 0 Å². The van der Waals surface area contributed by atoms with Gasteiger partial charge in [-0.15, -0.1) is 13.2 Å². The molecular formula is C28H21F6NO6S. The molecule has 3 aromatic rings. The summed E-state index contributed by atoms with van der Waals surface area (Å²) in [5.41, 5.74) is -4.40. The standard InChI is InChI=1S/C28H21F6NO6S/c29-27(30,31)41-20-3-1-2-19(14-20)25(39)22(15-23(36)17-8-10-21(11-9-17)42-28(32,33)34)16-4-6-18(7-5-16)26(40)35-13-12-24(37)38/h1-11,14,22H,12-13,15H2,(H,35,40)(H,37,38). The Balaban J connectivity index is 1.89. The van der Waals surface area contributed by atoms with E-state index in [0.29, 0.717) is 0 Å². The number of Topliss-reactive ketones (excluding diaryl/α,β-unsaturated/α-hetero) is 2. The molecule has 0 aliphatic carbocycles. The monoisotopic (exact) mass is 613 g/mol. The van der Waals surface area contributed by atoms with Gasteiger partial charge in [-0.3, -0.25) is 19.2 Å². The van der Waals surface area contributed by atoms with Gasteiger partial charge in [0.15, 0.2) is 11.6 Å². The molecule has 2 N–H and O–H groups in total. The predicted molar refractivity (Wildman–Crippen MR) is 139 cm³/mol. The average molecular weight is 614 g/mol. The van der Waals surface area contributed by atoms with Crippen LogP contribution in [0.5, 0.6) is 5.75 Å². The number of thioether (sulfide) groups is 1. The Hall–Kier alpha value is -4.33. The van der Waals surface area contributed by atoms with Gasteiger partial charge in [0.25, 0.3) is 5.91 Å². The van der Waals surface area contributed by atoms with Crippen molar-refractivity contribution in [1.29, 1.82) is 0 Å². The van der Waals surface area contributed by atoms with E-state index in [2.05, 4.69) is 10.1 Å². The van der Waals surface area contributed by atoms with Gasteiger partial charge in [-0.05, 0) is 53.7 Å². The molecule has 0 spiro atoms. The van der Waals surface area contributed by atoms with Crippen LogP contribution >= 0.6 is 11.8 Å². The third kappa shape index (κ3) is 9.94. The molecule has 14 heteroatoms. The number of hydrogen-bond donors (Lipinski definition) is 2. The Morgan fingerprint density at radius 1 is 0.833 bits per heavy atom. The van der Waals surface area contributed by atoms with E-state index in [1.165, 1.54) is 42.5 Å². The summed E-state index contributed by atoms with van der Waals surface area (Å²) in [6, 6.07) is 14.1. The van der Waals surface area contributed by atoms with Gasteiger partial charge in [0.2, 0.25) is 0 Å². The molecule has 3 rings (SSSR count). The number of nitrogens with one attached hydrogen (secondary N) is 1. The number of carbonyl (C=O) groups is 4. The molecule has 3 aromatic carbocycles. The molecule has 42 heavy (non-hydrogen) atoms. The molecular weight excluding hydrogens is 592 g/mol. The zero-order valence-electron chi connectivity index (χ0n) is 21.3. The van der Waals surface area contributed by atoms with Crippen LogP contribution in [-0.2, 0) is 4.79 Å². The zero-order chi connectivity index (χ0) is 31.1. The second-order valence-electron chi connectivity index (χ2n) is 8.71. The second-order valence-corrected chi connectivity index (χ2v) is 9.85. The highest BCUT2D eigenvalue weighted by Crippen LogP contribution is 2.37. The molecule has 0 aliphatic heterocycles. The minimum absolute atomic E-state index is 0.00269. The van der Waals surface area contributed by atoms with E-state index in [0.717, 1.165) is 30.3 Å². The molecule has 0 bridgehead atoms. The fourth-order valence-electron chi connectivity index (χ4n) is 3.81. The molecule has 1 unspecified atom stereocenters. The van der Waals surface area contributed by atoms with Crippen LogP contribution in [0.4, 0.5) is 26.3 Å².